The molecule has 1 aromatic carbocycles. The first-order valence-corrected chi connectivity index (χ1v) is 7.99. The number of anilines is 1. The third kappa shape index (κ3) is 2.98. The summed E-state index contributed by atoms with van der Waals surface area (Å²) in [5, 5.41) is 6.52. The van der Waals surface area contributed by atoms with Gasteiger partial charge in [-0.3, -0.25) is 0 Å². The zero-order valence-corrected chi connectivity index (χ0v) is 13.6. The number of nitrogens with one attached hydrogen (secondary N) is 1. The number of hydrogen-bond acceptors (Lipinski definition) is 3. The highest BCUT2D eigenvalue weighted by atomic mass is 19.1. The summed E-state index contributed by atoms with van der Waals surface area (Å²) in [5.41, 5.74) is 1.67. The van der Waals surface area contributed by atoms with Crippen LogP contribution >= 0.6 is 0 Å². The van der Waals surface area contributed by atoms with Crippen molar-refractivity contribution in [3.63, 3.8) is 0 Å². The fraction of sp³-hybridized carbons (Fsp3) is 0.412. The van der Waals surface area contributed by atoms with E-state index in [1.54, 1.807) is 4.90 Å². The van der Waals surface area contributed by atoms with Crippen molar-refractivity contribution < 1.29 is 18.1 Å². The van der Waals surface area contributed by atoms with Crippen molar-refractivity contribution in [2.24, 2.45) is 0 Å². The second-order valence-electron chi connectivity index (χ2n) is 5.86. The van der Waals surface area contributed by atoms with Gasteiger partial charge < -0.3 is 14.7 Å². The topological polar surface area (TPSA) is 58.4 Å². The molecular formula is C17H19F2N3O2. The minimum Gasteiger partial charge on any atom is -0.361 e. The molecule has 1 atom stereocenters. The number of hydrogen-bond donors (Lipinski definition) is 1. The van der Waals surface area contributed by atoms with Gasteiger partial charge in [0.2, 0.25) is 0 Å². The lowest BCUT2D eigenvalue weighted by atomic mass is 10.0. The highest BCUT2D eigenvalue weighted by molar-refractivity contribution is 5.90. The SMILES string of the molecule is CCc1onc(C)c1[C@H]1CCCN1C(=O)Nc1ccc(F)cc1F. The van der Waals surface area contributed by atoms with Crippen LogP contribution in [0.2, 0.25) is 0 Å². The number of rotatable bonds is 3. The molecule has 7 heteroatoms. The molecule has 24 heavy (non-hydrogen) atoms. The molecule has 1 aliphatic heterocycles. The lowest BCUT2D eigenvalue weighted by molar-refractivity contribution is 0.206. The Kier molecular flexibility index (Phi) is 4.51. The van der Waals surface area contributed by atoms with E-state index in [0.717, 1.165) is 42.0 Å². The van der Waals surface area contributed by atoms with E-state index in [0.29, 0.717) is 13.0 Å². The summed E-state index contributed by atoms with van der Waals surface area (Å²) >= 11 is 0. The van der Waals surface area contributed by atoms with E-state index in [4.69, 9.17) is 4.52 Å². The molecule has 1 saturated heterocycles. The van der Waals surface area contributed by atoms with Crippen molar-refractivity contribution in [3.8, 4) is 0 Å². The molecule has 1 fully saturated rings. The minimum atomic E-state index is -0.797. The van der Waals surface area contributed by atoms with Crippen LogP contribution in [0.25, 0.3) is 0 Å². The maximum absolute atomic E-state index is 13.8. The van der Waals surface area contributed by atoms with E-state index < -0.39 is 17.7 Å². The van der Waals surface area contributed by atoms with Crippen molar-refractivity contribution in [3.05, 3.63) is 46.9 Å². The van der Waals surface area contributed by atoms with Crippen LogP contribution in [-0.4, -0.2) is 22.6 Å². The summed E-state index contributed by atoms with van der Waals surface area (Å²) in [6, 6.07) is 2.52. The van der Waals surface area contributed by atoms with Gasteiger partial charge in [0.15, 0.2) is 0 Å². The summed E-state index contributed by atoms with van der Waals surface area (Å²) < 4.78 is 32.1. The average Bonchev–Trinajstić information content (AvgIpc) is 3.15. The molecule has 2 amide bonds. The summed E-state index contributed by atoms with van der Waals surface area (Å²) in [6.07, 6.45) is 2.33. The third-order valence-electron chi connectivity index (χ3n) is 4.32. The van der Waals surface area contributed by atoms with Crippen molar-refractivity contribution in [2.75, 3.05) is 11.9 Å². The standard InChI is InChI=1S/C17H19F2N3O2/c1-3-15-16(10(2)21-24-15)14-5-4-8-22(14)17(23)20-13-7-6-11(18)9-12(13)19/h6-7,9,14H,3-5,8H2,1-2H3,(H,20,23)/t14-/m1/s1. The fourth-order valence-corrected chi connectivity index (χ4v) is 3.19. The van der Waals surface area contributed by atoms with Gasteiger partial charge in [0, 0.05) is 24.6 Å². The number of carbonyl (C=O) groups is 1. The molecule has 0 saturated carbocycles. The molecule has 1 aliphatic rings. The molecule has 2 heterocycles. The van der Waals surface area contributed by atoms with Gasteiger partial charge in [-0.1, -0.05) is 12.1 Å². The monoisotopic (exact) mass is 335 g/mol. The van der Waals surface area contributed by atoms with Crippen LogP contribution in [0, 0.1) is 18.6 Å². The largest absolute Gasteiger partial charge is 0.361 e. The number of urea groups is 1. The maximum atomic E-state index is 13.8. The van der Waals surface area contributed by atoms with Gasteiger partial charge in [-0.15, -0.1) is 0 Å². The van der Waals surface area contributed by atoms with Gasteiger partial charge in [0.1, 0.15) is 17.4 Å². The van der Waals surface area contributed by atoms with Crippen LogP contribution in [0.3, 0.4) is 0 Å². The number of aromatic nitrogens is 1. The Morgan fingerprint density at radius 2 is 2.25 bits per heavy atom. The third-order valence-corrected chi connectivity index (χ3v) is 4.32. The van der Waals surface area contributed by atoms with Crippen LogP contribution in [0.5, 0.6) is 0 Å². The normalized spacial score (nSPS) is 17.3. The molecule has 1 N–H and O–H groups in total. The van der Waals surface area contributed by atoms with E-state index in [9.17, 15) is 13.6 Å². The summed E-state index contributed by atoms with van der Waals surface area (Å²) in [5.74, 6) is -0.711. The number of benzene rings is 1. The zero-order valence-electron chi connectivity index (χ0n) is 13.6. The minimum absolute atomic E-state index is 0.0372. The highest BCUT2D eigenvalue weighted by Crippen LogP contribution is 2.36. The van der Waals surface area contributed by atoms with Gasteiger partial charge in [0.25, 0.3) is 0 Å². The molecular weight excluding hydrogens is 316 g/mol. The smallest absolute Gasteiger partial charge is 0.322 e. The van der Waals surface area contributed by atoms with E-state index in [2.05, 4.69) is 10.5 Å². The van der Waals surface area contributed by atoms with Gasteiger partial charge >= 0.3 is 6.03 Å². The molecule has 3 rings (SSSR count). The Labute approximate surface area is 138 Å². The van der Waals surface area contributed by atoms with E-state index in [1.807, 2.05) is 13.8 Å². The second kappa shape index (κ2) is 6.59. The first kappa shape index (κ1) is 16.4. The molecule has 0 spiro atoms. The first-order valence-electron chi connectivity index (χ1n) is 7.99. The van der Waals surface area contributed by atoms with Gasteiger partial charge in [-0.05, 0) is 31.9 Å². The summed E-state index contributed by atoms with van der Waals surface area (Å²) in [6.45, 7) is 4.38. The van der Waals surface area contributed by atoms with Crippen LogP contribution in [0.15, 0.2) is 22.7 Å². The van der Waals surface area contributed by atoms with E-state index >= 15 is 0 Å². The van der Waals surface area contributed by atoms with Gasteiger partial charge in [-0.2, -0.15) is 0 Å². The first-order chi connectivity index (χ1) is 11.5. The number of halogens is 2. The molecule has 5 nitrogen and oxygen atoms in total. The average molecular weight is 335 g/mol. The van der Waals surface area contributed by atoms with E-state index in [-0.39, 0.29) is 11.7 Å². The number of amides is 2. The quantitative estimate of drug-likeness (QED) is 0.915. The number of carbonyl (C=O) groups excluding carboxylic acids is 1. The predicted octanol–water partition coefficient (Wildman–Crippen LogP) is 4.19. The predicted molar refractivity (Wildman–Crippen MR) is 84.7 cm³/mol. The van der Waals surface area contributed by atoms with Gasteiger partial charge in [0.05, 0.1) is 17.4 Å². The van der Waals surface area contributed by atoms with Crippen LogP contribution in [0.4, 0.5) is 19.3 Å². The zero-order chi connectivity index (χ0) is 17.3. The number of nitrogens with zero attached hydrogens (tertiary/aromatic N) is 2. The Morgan fingerprint density at radius 3 is 2.96 bits per heavy atom. The highest BCUT2D eigenvalue weighted by Gasteiger charge is 2.34. The molecule has 128 valence electrons. The summed E-state index contributed by atoms with van der Waals surface area (Å²) in [7, 11) is 0. The Hall–Kier alpha value is -2.44. The Morgan fingerprint density at radius 1 is 1.46 bits per heavy atom. The van der Waals surface area contributed by atoms with Crippen LogP contribution < -0.4 is 5.32 Å². The van der Waals surface area contributed by atoms with E-state index in [1.165, 1.54) is 6.07 Å². The summed E-state index contributed by atoms with van der Waals surface area (Å²) in [4.78, 5) is 14.2. The molecule has 0 radical (unpaired) electrons. The van der Waals surface area contributed by atoms with Gasteiger partial charge in [-0.25, -0.2) is 13.6 Å². The Bertz CT molecular complexity index is 760. The number of likely N-dealkylation sites (tertiary alicyclic amines) is 1. The van der Waals surface area contributed by atoms with Crippen molar-refractivity contribution in [2.45, 2.75) is 39.2 Å². The molecule has 1 aromatic heterocycles. The lowest BCUT2D eigenvalue weighted by Crippen LogP contribution is -2.35. The second-order valence-corrected chi connectivity index (χ2v) is 5.86. The van der Waals surface area contributed by atoms with Crippen molar-refractivity contribution in [1.82, 2.24) is 10.1 Å². The molecule has 0 aliphatic carbocycles. The molecule has 0 unspecified atom stereocenters. The van der Waals surface area contributed by atoms with Crippen molar-refractivity contribution >= 4 is 11.7 Å². The fourth-order valence-electron chi connectivity index (χ4n) is 3.19. The molecule has 2 aromatic rings. The van der Waals surface area contributed by atoms with Crippen LogP contribution in [-0.2, 0) is 6.42 Å². The van der Waals surface area contributed by atoms with Crippen molar-refractivity contribution in [1.29, 1.82) is 0 Å². The Balaban J connectivity index is 1.82. The number of aryl methyl sites for hydroxylation is 2. The van der Waals surface area contributed by atoms with Crippen LogP contribution in [0.1, 0.15) is 42.8 Å². The lowest BCUT2D eigenvalue weighted by Gasteiger charge is -2.25. The maximum Gasteiger partial charge on any atom is 0.322 e. The molecule has 0 bridgehead atoms.